The van der Waals surface area contributed by atoms with E-state index in [1.807, 2.05) is 6.07 Å². The summed E-state index contributed by atoms with van der Waals surface area (Å²) in [6, 6.07) is 9.15. The van der Waals surface area contributed by atoms with Crippen molar-refractivity contribution in [3.8, 4) is 11.8 Å². The second-order valence-electron chi connectivity index (χ2n) is 5.36. The van der Waals surface area contributed by atoms with E-state index in [1.54, 1.807) is 24.3 Å². The van der Waals surface area contributed by atoms with Crippen molar-refractivity contribution < 1.29 is 9.53 Å². The Hall–Kier alpha value is -2.02. The van der Waals surface area contributed by atoms with E-state index in [0.717, 1.165) is 6.42 Å². The van der Waals surface area contributed by atoms with Crippen LogP contribution in [0.2, 0.25) is 0 Å². The van der Waals surface area contributed by atoms with Gasteiger partial charge in [0.2, 0.25) is 0 Å². The molecule has 4 nitrogen and oxygen atoms in total. The molecule has 2 atom stereocenters. The van der Waals surface area contributed by atoms with Gasteiger partial charge in [-0.1, -0.05) is 25.8 Å². The lowest BCUT2D eigenvalue weighted by Crippen LogP contribution is -2.43. The van der Waals surface area contributed by atoms with Gasteiger partial charge in [-0.15, -0.1) is 0 Å². The van der Waals surface area contributed by atoms with Gasteiger partial charge in [-0.25, -0.2) is 0 Å². The lowest BCUT2D eigenvalue weighted by molar-refractivity contribution is -0.124. The molecule has 0 aliphatic heterocycles. The van der Waals surface area contributed by atoms with E-state index < -0.39 is 0 Å². The van der Waals surface area contributed by atoms with Crippen LogP contribution in [0.4, 0.5) is 0 Å². The second-order valence-corrected chi connectivity index (χ2v) is 5.36. The number of nitriles is 1. The van der Waals surface area contributed by atoms with Crippen molar-refractivity contribution in [1.82, 2.24) is 5.32 Å². The maximum Gasteiger partial charge on any atom is 0.258 e. The Morgan fingerprint density at radius 3 is 3.00 bits per heavy atom. The molecular formula is C16H20N2O2. The fourth-order valence-corrected chi connectivity index (χ4v) is 2.58. The molecule has 2 rings (SSSR count). The number of amides is 1. The van der Waals surface area contributed by atoms with Crippen LogP contribution in [0.5, 0.6) is 5.75 Å². The monoisotopic (exact) mass is 272 g/mol. The Morgan fingerprint density at radius 1 is 1.45 bits per heavy atom. The van der Waals surface area contributed by atoms with Gasteiger partial charge in [0.05, 0.1) is 11.6 Å². The molecule has 4 heteroatoms. The van der Waals surface area contributed by atoms with E-state index >= 15 is 0 Å². The largest absolute Gasteiger partial charge is 0.484 e. The van der Waals surface area contributed by atoms with E-state index in [4.69, 9.17) is 10.00 Å². The zero-order chi connectivity index (χ0) is 14.4. The quantitative estimate of drug-likeness (QED) is 0.916. The molecule has 0 saturated heterocycles. The van der Waals surface area contributed by atoms with Crippen molar-refractivity contribution in [2.45, 2.75) is 38.6 Å². The Morgan fingerprint density at radius 2 is 2.25 bits per heavy atom. The normalized spacial score (nSPS) is 21.8. The molecule has 106 valence electrons. The third-order valence-electron chi connectivity index (χ3n) is 3.79. The molecule has 20 heavy (non-hydrogen) atoms. The molecule has 0 aromatic heterocycles. The van der Waals surface area contributed by atoms with Gasteiger partial charge in [-0.2, -0.15) is 5.26 Å². The van der Waals surface area contributed by atoms with Crippen molar-refractivity contribution in [1.29, 1.82) is 5.26 Å². The van der Waals surface area contributed by atoms with Crippen LogP contribution >= 0.6 is 0 Å². The first kappa shape index (κ1) is 14.4. The summed E-state index contributed by atoms with van der Waals surface area (Å²) in [7, 11) is 0. The Balaban J connectivity index is 1.81. The van der Waals surface area contributed by atoms with Gasteiger partial charge in [0.15, 0.2) is 6.61 Å². The SMILES string of the molecule is C[C@@H]1CCCC[C@H]1NC(=O)COc1cccc(C#N)c1. The molecular weight excluding hydrogens is 252 g/mol. The highest BCUT2D eigenvalue weighted by Gasteiger charge is 2.22. The molecule has 1 saturated carbocycles. The third kappa shape index (κ3) is 3.99. The van der Waals surface area contributed by atoms with Crippen molar-refractivity contribution in [3.05, 3.63) is 29.8 Å². The Bertz CT molecular complexity index is 507. The maximum atomic E-state index is 11.9. The van der Waals surface area contributed by atoms with Crippen molar-refractivity contribution in [3.63, 3.8) is 0 Å². The van der Waals surface area contributed by atoms with Gasteiger partial charge in [-0.05, 0) is 37.0 Å². The number of hydrogen-bond donors (Lipinski definition) is 1. The molecule has 0 unspecified atom stereocenters. The number of nitrogens with zero attached hydrogens (tertiary/aromatic N) is 1. The van der Waals surface area contributed by atoms with E-state index in [9.17, 15) is 4.79 Å². The number of carbonyl (C=O) groups is 1. The summed E-state index contributed by atoms with van der Waals surface area (Å²) in [5.41, 5.74) is 0.531. The fraction of sp³-hybridized carbons (Fsp3) is 0.500. The number of benzene rings is 1. The highest BCUT2D eigenvalue weighted by Crippen LogP contribution is 2.23. The average Bonchev–Trinajstić information content (AvgIpc) is 2.48. The number of carbonyl (C=O) groups excluding carboxylic acids is 1. The summed E-state index contributed by atoms with van der Waals surface area (Å²) in [5, 5.41) is 11.8. The van der Waals surface area contributed by atoms with Crippen molar-refractivity contribution >= 4 is 5.91 Å². The zero-order valence-corrected chi connectivity index (χ0v) is 11.8. The van der Waals surface area contributed by atoms with E-state index in [1.165, 1.54) is 19.3 Å². The van der Waals surface area contributed by atoms with Crippen LogP contribution in [-0.4, -0.2) is 18.6 Å². The zero-order valence-electron chi connectivity index (χ0n) is 11.8. The molecule has 1 N–H and O–H groups in total. The smallest absolute Gasteiger partial charge is 0.258 e. The molecule has 1 fully saturated rings. The predicted octanol–water partition coefficient (Wildman–Crippen LogP) is 2.63. The minimum absolute atomic E-state index is 0.00188. The molecule has 0 spiro atoms. The van der Waals surface area contributed by atoms with E-state index in [-0.39, 0.29) is 18.6 Å². The van der Waals surface area contributed by atoms with Crippen LogP contribution in [0.25, 0.3) is 0 Å². The topological polar surface area (TPSA) is 62.1 Å². The molecule has 0 bridgehead atoms. The first-order valence-electron chi connectivity index (χ1n) is 7.11. The van der Waals surface area contributed by atoms with Crippen molar-refractivity contribution in [2.75, 3.05) is 6.61 Å². The third-order valence-corrected chi connectivity index (χ3v) is 3.79. The molecule has 1 aromatic rings. The number of rotatable bonds is 4. The van der Waals surface area contributed by atoms with Crippen molar-refractivity contribution in [2.24, 2.45) is 5.92 Å². The molecule has 0 heterocycles. The number of hydrogen-bond acceptors (Lipinski definition) is 3. The van der Waals surface area contributed by atoms with Crippen LogP contribution in [0.1, 0.15) is 38.2 Å². The van der Waals surface area contributed by atoms with Gasteiger partial charge < -0.3 is 10.1 Å². The van der Waals surface area contributed by atoms with Gasteiger partial charge >= 0.3 is 0 Å². The summed E-state index contributed by atoms with van der Waals surface area (Å²) >= 11 is 0. The minimum atomic E-state index is -0.0916. The van der Waals surface area contributed by atoms with Crippen LogP contribution in [0, 0.1) is 17.2 Å². The predicted molar refractivity (Wildman–Crippen MR) is 76.2 cm³/mol. The fourth-order valence-electron chi connectivity index (χ4n) is 2.58. The van der Waals surface area contributed by atoms with E-state index in [0.29, 0.717) is 17.2 Å². The Kier molecular flexibility index (Phi) is 5.00. The standard InChI is InChI=1S/C16H20N2O2/c1-12-5-2-3-8-15(12)18-16(19)11-20-14-7-4-6-13(9-14)10-17/h4,6-7,9,12,15H,2-3,5,8,11H2,1H3,(H,18,19)/t12-,15-/m1/s1. The second kappa shape index (κ2) is 6.95. The number of nitrogens with one attached hydrogen (secondary N) is 1. The van der Waals surface area contributed by atoms with Crippen LogP contribution in [0.3, 0.4) is 0 Å². The van der Waals surface area contributed by atoms with Crippen LogP contribution < -0.4 is 10.1 Å². The summed E-state index contributed by atoms with van der Waals surface area (Å²) in [6.45, 7) is 2.18. The molecule has 0 radical (unpaired) electrons. The van der Waals surface area contributed by atoms with Gasteiger partial charge in [-0.3, -0.25) is 4.79 Å². The average molecular weight is 272 g/mol. The molecule has 1 aromatic carbocycles. The lowest BCUT2D eigenvalue weighted by atomic mass is 9.86. The highest BCUT2D eigenvalue weighted by molar-refractivity contribution is 5.77. The van der Waals surface area contributed by atoms with E-state index in [2.05, 4.69) is 12.2 Å². The minimum Gasteiger partial charge on any atom is -0.484 e. The van der Waals surface area contributed by atoms with Crippen LogP contribution in [-0.2, 0) is 4.79 Å². The van der Waals surface area contributed by atoms with Crippen LogP contribution in [0.15, 0.2) is 24.3 Å². The molecule has 1 aliphatic rings. The lowest BCUT2D eigenvalue weighted by Gasteiger charge is -2.29. The summed E-state index contributed by atoms with van der Waals surface area (Å²) in [6.07, 6.45) is 4.66. The maximum absolute atomic E-state index is 11.9. The van der Waals surface area contributed by atoms with Gasteiger partial charge in [0, 0.05) is 6.04 Å². The van der Waals surface area contributed by atoms with Gasteiger partial charge in [0.25, 0.3) is 5.91 Å². The molecule has 1 aliphatic carbocycles. The summed E-state index contributed by atoms with van der Waals surface area (Å²) < 4.78 is 5.42. The summed E-state index contributed by atoms with van der Waals surface area (Å²) in [5.74, 6) is 0.997. The molecule has 1 amide bonds. The first-order valence-corrected chi connectivity index (χ1v) is 7.11. The highest BCUT2D eigenvalue weighted by atomic mass is 16.5. The van der Waals surface area contributed by atoms with Gasteiger partial charge in [0.1, 0.15) is 5.75 Å². The summed E-state index contributed by atoms with van der Waals surface area (Å²) in [4.78, 5) is 11.9. The Labute approximate surface area is 119 Å². The first-order chi connectivity index (χ1) is 9.69. The number of ether oxygens (including phenoxy) is 1.